The molecule has 110 valence electrons. The summed E-state index contributed by atoms with van der Waals surface area (Å²) in [5, 5.41) is 0. The Labute approximate surface area is 153 Å². The van der Waals surface area contributed by atoms with E-state index in [1.165, 1.54) is 21.8 Å². The van der Waals surface area contributed by atoms with E-state index >= 15 is 0 Å². The highest BCUT2D eigenvalue weighted by Crippen LogP contribution is 2.01. The summed E-state index contributed by atoms with van der Waals surface area (Å²) in [5.41, 5.74) is 2.80. The summed E-state index contributed by atoms with van der Waals surface area (Å²) in [7, 11) is 0. The van der Waals surface area contributed by atoms with Gasteiger partial charge in [-0.1, -0.05) is 30.3 Å². The Hall–Kier alpha value is -0.880. The molecule has 0 heterocycles. The van der Waals surface area contributed by atoms with Crippen molar-refractivity contribution in [3.63, 3.8) is 0 Å². The summed E-state index contributed by atoms with van der Waals surface area (Å²) in [6, 6.07) is 27.0. The lowest BCUT2D eigenvalue weighted by atomic mass is 10.2. The molecule has 0 amide bonds. The zero-order valence-electron chi connectivity index (χ0n) is 12.7. The molecule has 3 rings (SSSR count). The summed E-state index contributed by atoms with van der Waals surface area (Å²) in [6.07, 6.45) is 0. The van der Waals surface area contributed by atoms with Crippen molar-refractivity contribution in [2.75, 3.05) is 0 Å². The number of benzene rings is 3. The Balaban J connectivity index is 1.73. The third-order valence-electron chi connectivity index (χ3n) is 3.29. The van der Waals surface area contributed by atoms with Gasteiger partial charge in [0.15, 0.2) is 14.3 Å². The van der Waals surface area contributed by atoms with Crippen LogP contribution in [0.3, 0.4) is 0 Å². The van der Waals surface area contributed by atoms with Crippen LogP contribution in [0.2, 0.25) is 0 Å². The van der Waals surface area contributed by atoms with Crippen molar-refractivity contribution in [3.8, 4) is 0 Å². The molecule has 0 N–H and O–H groups in total. The minimum atomic E-state index is -0.0708. The average molecular weight is 512 g/mol. The summed E-state index contributed by atoms with van der Waals surface area (Å²) in [5.74, 6) is 0. The molecule has 0 spiro atoms. The van der Waals surface area contributed by atoms with E-state index in [0.717, 1.165) is 0 Å². The van der Waals surface area contributed by atoms with Crippen LogP contribution < -0.4 is 42.4 Å². The maximum atomic E-state index is 2.35. The van der Waals surface area contributed by atoms with Crippen molar-refractivity contribution < 1.29 is 42.4 Å². The number of hydrogen-bond donors (Lipinski definition) is 0. The third-order valence-corrected chi connectivity index (χ3v) is 9.06. The SMILES string of the molecule is Cc1ccc(C)c([I+]c2ccc([I+]c3ccccc3)cc2)c1. The standard InChI is InChI=1S/C20H18I2/c1-15-8-9-16(2)20(14-15)22-19-12-10-18(11-13-19)21-17-6-4-3-5-7-17/h3-14H,1-2H3/q+2. The van der Waals surface area contributed by atoms with Crippen LogP contribution in [0.25, 0.3) is 0 Å². The van der Waals surface area contributed by atoms with E-state index in [1.807, 2.05) is 0 Å². The van der Waals surface area contributed by atoms with Gasteiger partial charge >= 0.3 is 42.4 Å². The van der Waals surface area contributed by atoms with E-state index in [1.54, 1.807) is 3.57 Å². The molecule has 22 heavy (non-hydrogen) atoms. The first-order valence-corrected chi connectivity index (χ1v) is 11.5. The highest BCUT2D eigenvalue weighted by molar-refractivity contribution is 5.19. The number of halogens is 2. The molecule has 3 aromatic rings. The van der Waals surface area contributed by atoms with Gasteiger partial charge in [-0.15, -0.1) is 0 Å². The molecule has 0 saturated carbocycles. The van der Waals surface area contributed by atoms with Gasteiger partial charge in [0.05, 0.1) is 0 Å². The lowest BCUT2D eigenvalue weighted by Crippen LogP contribution is -3.62. The van der Waals surface area contributed by atoms with Crippen LogP contribution in [0, 0.1) is 28.1 Å². The molecule has 3 aromatic carbocycles. The topological polar surface area (TPSA) is 0 Å². The summed E-state index contributed by atoms with van der Waals surface area (Å²) < 4.78 is 6.04. The molecular formula is C20H18I2+2. The molecular weight excluding hydrogens is 494 g/mol. The molecule has 0 atom stereocenters. The first-order chi connectivity index (χ1) is 10.7. The number of hydrogen-bond acceptors (Lipinski definition) is 0. The van der Waals surface area contributed by atoms with Crippen molar-refractivity contribution in [2.24, 2.45) is 0 Å². The molecule has 2 heteroatoms. The minimum Gasteiger partial charge on any atom is -0.0619 e. The Morgan fingerprint density at radius 3 is 1.86 bits per heavy atom. The molecule has 0 unspecified atom stereocenters. The fourth-order valence-corrected chi connectivity index (χ4v) is 6.93. The smallest absolute Gasteiger partial charge is 0.0619 e. The van der Waals surface area contributed by atoms with Crippen LogP contribution >= 0.6 is 0 Å². The molecule has 0 saturated heterocycles. The minimum absolute atomic E-state index is 0.0440. The van der Waals surface area contributed by atoms with Crippen LogP contribution in [0.5, 0.6) is 0 Å². The van der Waals surface area contributed by atoms with Crippen molar-refractivity contribution in [1.29, 1.82) is 0 Å². The normalized spacial score (nSPS) is 10.6. The number of rotatable bonds is 4. The predicted octanol–water partition coefficient (Wildman–Crippen LogP) is -1.44. The highest BCUT2D eigenvalue weighted by Gasteiger charge is 2.21. The van der Waals surface area contributed by atoms with E-state index in [2.05, 4.69) is 86.6 Å². The molecule has 0 nitrogen and oxygen atoms in total. The zero-order chi connectivity index (χ0) is 15.4. The van der Waals surface area contributed by atoms with Gasteiger partial charge in [0.2, 0.25) is 0 Å². The quantitative estimate of drug-likeness (QED) is 0.376. The van der Waals surface area contributed by atoms with E-state index < -0.39 is 0 Å². The monoisotopic (exact) mass is 512 g/mol. The largest absolute Gasteiger partial charge is 0.358 e. The second-order valence-corrected chi connectivity index (χ2v) is 11.2. The lowest BCUT2D eigenvalue weighted by molar-refractivity contribution is -0.603. The van der Waals surface area contributed by atoms with Gasteiger partial charge < -0.3 is 0 Å². The van der Waals surface area contributed by atoms with Gasteiger partial charge in [-0.05, 0) is 61.9 Å². The van der Waals surface area contributed by atoms with Crippen LogP contribution in [0.1, 0.15) is 11.1 Å². The first-order valence-electron chi connectivity index (χ1n) is 7.23. The van der Waals surface area contributed by atoms with Crippen LogP contribution in [0.4, 0.5) is 0 Å². The fourth-order valence-electron chi connectivity index (χ4n) is 2.08. The Bertz CT molecular complexity index is 746. The van der Waals surface area contributed by atoms with E-state index in [-0.39, 0.29) is 42.4 Å². The lowest BCUT2D eigenvalue weighted by Gasteiger charge is -1.95. The second-order valence-electron chi connectivity index (χ2n) is 5.17. The van der Waals surface area contributed by atoms with Gasteiger partial charge in [0, 0.05) is 5.56 Å². The van der Waals surface area contributed by atoms with Gasteiger partial charge in [0.25, 0.3) is 0 Å². The van der Waals surface area contributed by atoms with Gasteiger partial charge in [-0.3, -0.25) is 0 Å². The summed E-state index contributed by atoms with van der Waals surface area (Å²) >= 11 is -0.115. The third kappa shape index (κ3) is 4.32. The average Bonchev–Trinajstić information content (AvgIpc) is 2.54. The number of aryl methyl sites for hydroxylation is 2. The van der Waals surface area contributed by atoms with Gasteiger partial charge in [-0.25, -0.2) is 0 Å². The molecule has 0 aromatic heterocycles. The van der Waals surface area contributed by atoms with Crippen molar-refractivity contribution in [2.45, 2.75) is 13.8 Å². The molecule has 0 aliphatic heterocycles. The first kappa shape index (κ1) is 16.0. The Morgan fingerprint density at radius 1 is 0.591 bits per heavy atom. The maximum absolute atomic E-state index is 2.35. The van der Waals surface area contributed by atoms with E-state index in [0.29, 0.717) is 0 Å². The van der Waals surface area contributed by atoms with Gasteiger partial charge in [0.1, 0.15) is 0 Å². The Kier molecular flexibility index (Phi) is 5.52. The molecule has 0 aliphatic carbocycles. The summed E-state index contributed by atoms with van der Waals surface area (Å²) in [4.78, 5) is 0. The Morgan fingerprint density at radius 2 is 1.18 bits per heavy atom. The van der Waals surface area contributed by atoms with Gasteiger partial charge in [-0.2, -0.15) is 0 Å². The predicted molar refractivity (Wildman–Crippen MR) is 83.6 cm³/mol. The second kappa shape index (κ2) is 7.59. The van der Waals surface area contributed by atoms with Crippen LogP contribution in [0.15, 0.2) is 72.8 Å². The van der Waals surface area contributed by atoms with E-state index in [4.69, 9.17) is 0 Å². The van der Waals surface area contributed by atoms with Crippen molar-refractivity contribution in [1.82, 2.24) is 0 Å². The summed E-state index contributed by atoms with van der Waals surface area (Å²) in [6.45, 7) is 4.41. The fraction of sp³-hybridized carbons (Fsp3) is 0.100. The van der Waals surface area contributed by atoms with Crippen molar-refractivity contribution in [3.05, 3.63) is 98.2 Å². The van der Waals surface area contributed by atoms with Crippen molar-refractivity contribution >= 4 is 0 Å². The van der Waals surface area contributed by atoms with E-state index in [9.17, 15) is 0 Å². The molecule has 0 bridgehead atoms. The maximum Gasteiger partial charge on any atom is 0.358 e. The highest BCUT2D eigenvalue weighted by atomic mass is 127. The van der Waals surface area contributed by atoms with Crippen LogP contribution in [-0.4, -0.2) is 0 Å². The molecule has 0 aliphatic rings. The molecule has 0 radical (unpaired) electrons. The van der Waals surface area contributed by atoms with Crippen LogP contribution in [-0.2, 0) is 0 Å². The zero-order valence-corrected chi connectivity index (χ0v) is 17.0. The molecule has 0 fully saturated rings.